The molecule has 0 aromatic heterocycles. The van der Waals surface area contributed by atoms with Crippen LogP contribution in [0.15, 0.2) is 54.6 Å². The summed E-state index contributed by atoms with van der Waals surface area (Å²) < 4.78 is 10.6. The lowest BCUT2D eigenvalue weighted by Crippen LogP contribution is -2.43. The van der Waals surface area contributed by atoms with E-state index in [2.05, 4.69) is 10.2 Å². The average molecular weight is 465 g/mol. The number of hydrogen-bond acceptors (Lipinski definition) is 5. The number of benzene rings is 2. The Bertz CT molecular complexity index is 931. The van der Waals surface area contributed by atoms with Crippen LogP contribution in [-0.2, 0) is 16.1 Å². The molecule has 6 heteroatoms. The number of anilines is 1. The molecule has 34 heavy (non-hydrogen) atoms. The lowest BCUT2D eigenvalue weighted by atomic mass is 9.79. The molecule has 2 aliphatic rings. The third-order valence-electron chi connectivity index (χ3n) is 7.09. The summed E-state index contributed by atoms with van der Waals surface area (Å²) >= 11 is 0. The van der Waals surface area contributed by atoms with Crippen LogP contribution < -0.4 is 10.2 Å². The molecule has 2 aromatic rings. The average Bonchev–Trinajstić information content (AvgIpc) is 3.33. The van der Waals surface area contributed by atoms with E-state index in [0.717, 1.165) is 56.4 Å². The molecular weight excluding hydrogens is 428 g/mol. The Labute approximate surface area is 202 Å². The van der Waals surface area contributed by atoms with E-state index in [1.54, 1.807) is 0 Å². The molecule has 1 amide bonds. The molecule has 1 aliphatic carbocycles. The number of nitrogens with one attached hydrogen (secondary N) is 1. The molecule has 2 fully saturated rings. The van der Waals surface area contributed by atoms with Crippen molar-refractivity contribution < 1.29 is 19.1 Å². The lowest BCUT2D eigenvalue weighted by molar-refractivity contribution is 0.0526. The maximum Gasteiger partial charge on any atom is 0.407 e. The molecule has 0 bridgehead atoms. The van der Waals surface area contributed by atoms with Crippen molar-refractivity contribution in [1.29, 1.82) is 0 Å². The van der Waals surface area contributed by atoms with E-state index in [9.17, 15) is 9.59 Å². The van der Waals surface area contributed by atoms with Gasteiger partial charge in [0.05, 0.1) is 12.2 Å². The van der Waals surface area contributed by atoms with Gasteiger partial charge < -0.3 is 19.7 Å². The molecular formula is C28H36N2O4. The quantitative estimate of drug-likeness (QED) is 0.518. The summed E-state index contributed by atoms with van der Waals surface area (Å²) in [6.45, 7) is 4.54. The second-order valence-corrected chi connectivity index (χ2v) is 9.46. The molecule has 1 saturated heterocycles. The zero-order chi connectivity index (χ0) is 23.8. The third-order valence-corrected chi connectivity index (χ3v) is 7.09. The minimum absolute atomic E-state index is 0.190. The first-order valence-corrected chi connectivity index (χ1v) is 12.6. The van der Waals surface area contributed by atoms with E-state index >= 15 is 0 Å². The second kappa shape index (κ2) is 11.9. The minimum Gasteiger partial charge on any atom is -0.462 e. The maximum atomic E-state index is 12.4. The number of carbonyl (C=O) groups is 2. The van der Waals surface area contributed by atoms with E-state index in [1.807, 2.05) is 61.5 Å². The molecule has 1 heterocycles. The highest BCUT2D eigenvalue weighted by Crippen LogP contribution is 2.34. The first-order chi connectivity index (χ1) is 16.6. The number of esters is 1. The standard InChI is InChI=1S/C28H36N2O4/c1-2-33-27(31)23-12-14-25(15-13-23)30-17-16-22(19-30)18-24-10-6-7-11-26(24)29-28(32)34-20-21-8-4-3-5-9-21/h3-5,8-9,12-15,22,24,26H,2,6-7,10-11,16-20H2,1H3,(H,29,32)/t22-,24+,26-/m1/s1. The van der Waals surface area contributed by atoms with Gasteiger partial charge in [-0.2, -0.15) is 0 Å². The molecule has 4 rings (SSSR count). The first-order valence-electron chi connectivity index (χ1n) is 12.6. The smallest absolute Gasteiger partial charge is 0.407 e. The second-order valence-electron chi connectivity index (χ2n) is 9.46. The highest BCUT2D eigenvalue weighted by atomic mass is 16.5. The predicted molar refractivity (Wildman–Crippen MR) is 133 cm³/mol. The van der Waals surface area contributed by atoms with Crippen molar-refractivity contribution in [1.82, 2.24) is 5.32 Å². The van der Waals surface area contributed by atoms with Gasteiger partial charge in [-0.1, -0.05) is 43.2 Å². The van der Waals surface area contributed by atoms with Gasteiger partial charge in [-0.05, 0) is 74.3 Å². The number of amides is 1. The number of ether oxygens (including phenoxy) is 2. The Balaban J connectivity index is 1.26. The first kappa shape index (κ1) is 24.1. The summed E-state index contributed by atoms with van der Waals surface area (Å²) in [5.74, 6) is 0.832. The van der Waals surface area contributed by atoms with Crippen molar-refractivity contribution in [2.75, 3.05) is 24.6 Å². The van der Waals surface area contributed by atoms with Crippen LogP contribution in [0.25, 0.3) is 0 Å². The van der Waals surface area contributed by atoms with Crippen LogP contribution in [0.2, 0.25) is 0 Å². The molecule has 1 aliphatic heterocycles. The van der Waals surface area contributed by atoms with Crippen molar-refractivity contribution >= 4 is 17.7 Å². The fraction of sp³-hybridized carbons (Fsp3) is 0.500. The largest absolute Gasteiger partial charge is 0.462 e. The predicted octanol–water partition coefficient (Wildman–Crippen LogP) is 5.56. The number of rotatable bonds is 8. The highest BCUT2D eigenvalue weighted by molar-refractivity contribution is 5.89. The topological polar surface area (TPSA) is 67.9 Å². The van der Waals surface area contributed by atoms with Crippen LogP contribution in [0.4, 0.5) is 10.5 Å². The van der Waals surface area contributed by atoms with Gasteiger partial charge in [0, 0.05) is 24.8 Å². The monoisotopic (exact) mass is 464 g/mol. The Morgan fingerprint density at radius 2 is 1.74 bits per heavy atom. The van der Waals surface area contributed by atoms with E-state index in [4.69, 9.17) is 9.47 Å². The van der Waals surface area contributed by atoms with Gasteiger partial charge in [-0.25, -0.2) is 9.59 Å². The van der Waals surface area contributed by atoms with Gasteiger partial charge in [0.25, 0.3) is 0 Å². The van der Waals surface area contributed by atoms with Crippen LogP contribution in [0.1, 0.15) is 61.4 Å². The van der Waals surface area contributed by atoms with Gasteiger partial charge in [0.15, 0.2) is 0 Å². The summed E-state index contributed by atoms with van der Waals surface area (Å²) in [6, 6.07) is 17.7. The van der Waals surface area contributed by atoms with Gasteiger partial charge in [-0.15, -0.1) is 0 Å². The zero-order valence-electron chi connectivity index (χ0n) is 20.1. The van der Waals surface area contributed by atoms with Crippen LogP contribution in [0, 0.1) is 11.8 Å². The van der Waals surface area contributed by atoms with Crippen molar-refractivity contribution in [3.8, 4) is 0 Å². The third kappa shape index (κ3) is 6.52. The summed E-state index contributed by atoms with van der Waals surface area (Å²) in [4.78, 5) is 26.7. The van der Waals surface area contributed by atoms with Crippen molar-refractivity contribution in [2.45, 2.75) is 58.1 Å². The molecule has 0 radical (unpaired) electrons. The Kier molecular flexibility index (Phi) is 8.45. The summed E-state index contributed by atoms with van der Waals surface area (Å²) in [7, 11) is 0. The molecule has 3 atom stereocenters. The fourth-order valence-corrected chi connectivity index (χ4v) is 5.31. The van der Waals surface area contributed by atoms with Crippen molar-refractivity contribution in [2.24, 2.45) is 11.8 Å². The fourth-order valence-electron chi connectivity index (χ4n) is 5.31. The lowest BCUT2D eigenvalue weighted by Gasteiger charge is -2.33. The summed E-state index contributed by atoms with van der Waals surface area (Å²) in [5.41, 5.74) is 2.74. The highest BCUT2D eigenvalue weighted by Gasteiger charge is 2.32. The minimum atomic E-state index is -0.310. The van der Waals surface area contributed by atoms with Gasteiger partial charge in [0.2, 0.25) is 0 Å². The normalized spacial score (nSPS) is 22.3. The van der Waals surface area contributed by atoms with Gasteiger partial charge in [-0.3, -0.25) is 0 Å². The van der Waals surface area contributed by atoms with Crippen molar-refractivity contribution in [3.05, 3.63) is 65.7 Å². The van der Waals surface area contributed by atoms with Crippen LogP contribution in [-0.4, -0.2) is 37.8 Å². The van der Waals surface area contributed by atoms with Crippen molar-refractivity contribution in [3.63, 3.8) is 0 Å². The molecule has 182 valence electrons. The number of hydrogen-bond donors (Lipinski definition) is 1. The Morgan fingerprint density at radius 3 is 2.50 bits per heavy atom. The van der Waals surface area contributed by atoms with Gasteiger partial charge in [0.1, 0.15) is 6.61 Å². The van der Waals surface area contributed by atoms with Crippen LogP contribution in [0.3, 0.4) is 0 Å². The van der Waals surface area contributed by atoms with Crippen LogP contribution in [0.5, 0.6) is 0 Å². The maximum absolute atomic E-state index is 12.4. The van der Waals surface area contributed by atoms with Crippen LogP contribution >= 0.6 is 0 Å². The molecule has 1 N–H and O–H groups in total. The van der Waals surface area contributed by atoms with E-state index in [0.29, 0.717) is 30.6 Å². The number of carbonyl (C=O) groups excluding carboxylic acids is 2. The summed E-state index contributed by atoms with van der Waals surface area (Å²) in [5, 5.41) is 3.16. The molecule has 0 spiro atoms. The number of alkyl carbamates (subject to hydrolysis) is 1. The SMILES string of the molecule is CCOC(=O)c1ccc(N2CC[C@H](C[C@@H]3CCCC[C@H]3NC(=O)OCc3ccccc3)C2)cc1. The zero-order valence-corrected chi connectivity index (χ0v) is 20.1. The Morgan fingerprint density at radius 1 is 0.971 bits per heavy atom. The van der Waals surface area contributed by atoms with E-state index in [1.165, 1.54) is 6.42 Å². The number of nitrogens with zero attached hydrogens (tertiary/aromatic N) is 1. The molecule has 6 nitrogen and oxygen atoms in total. The molecule has 1 saturated carbocycles. The Hall–Kier alpha value is -3.02. The van der Waals surface area contributed by atoms with E-state index < -0.39 is 0 Å². The molecule has 0 unspecified atom stereocenters. The van der Waals surface area contributed by atoms with Gasteiger partial charge >= 0.3 is 12.1 Å². The van der Waals surface area contributed by atoms with E-state index in [-0.39, 0.29) is 18.1 Å². The molecule has 2 aromatic carbocycles. The summed E-state index contributed by atoms with van der Waals surface area (Å²) in [6.07, 6.45) is 6.54.